The van der Waals surface area contributed by atoms with Crippen LogP contribution in [0, 0.1) is 0 Å². The van der Waals surface area contributed by atoms with E-state index in [2.05, 4.69) is 87.0 Å². The summed E-state index contributed by atoms with van der Waals surface area (Å²) in [6.07, 6.45) is -15.9. The minimum absolute atomic E-state index is 0.0537. The van der Waals surface area contributed by atoms with Crippen LogP contribution in [0.3, 0.4) is 0 Å². The Morgan fingerprint density at radius 2 is 0.630 bits per heavy atom. The summed E-state index contributed by atoms with van der Waals surface area (Å²) in [7, 11) is 0. The molecule has 12 fully saturated rings. The third-order valence-corrected chi connectivity index (χ3v) is 33.6. The number of rotatable bonds is 6. The molecule has 138 heavy (non-hydrogen) atoms. The maximum absolute atomic E-state index is 16.0. The number of nitrogens with one attached hydrogen (secondary N) is 3. The Morgan fingerprint density at radius 3 is 0.935 bits per heavy atom. The number of fused-ring (bicyclic) bond motifs is 12. The Kier molecular flexibility index (Phi) is 24.0. The third-order valence-electron chi connectivity index (χ3n) is 24.3. The zero-order chi connectivity index (χ0) is 96.5. The quantitative estimate of drug-likeness (QED) is 0.0794. The van der Waals surface area contributed by atoms with Gasteiger partial charge in [-0.15, -0.1) is 0 Å². The molecule has 0 aliphatic carbocycles. The number of nitrogens with two attached hydrogens (primary N) is 6. The molecular formula is C66H72F3N27O30P6S6. The number of ether oxygens (including phenoxy) is 9. The van der Waals surface area contributed by atoms with E-state index >= 15 is 13.2 Å². The van der Waals surface area contributed by atoms with Gasteiger partial charge >= 0.3 is 40.4 Å². The van der Waals surface area contributed by atoms with E-state index in [4.69, 9.17) is 190 Å². The third kappa shape index (κ3) is 16.7. The topological polar surface area (TPSA) is 751 Å². The molecule has 12 aromatic heterocycles. The van der Waals surface area contributed by atoms with Gasteiger partial charge < -0.3 is 124 Å². The Morgan fingerprint density at radius 1 is 0.362 bits per heavy atom. The highest BCUT2D eigenvalue weighted by atomic mass is 32.7. The number of thiol groups is 1. The molecule has 12 aliphatic rings. The van der Waals surface area contributed by atoms with E-state index in [1.165, 1.54) is 63.9 Å². The first-order valence-electron chi connectivity index (χ1n) is 40.6. The van der Waals surface area contributed by atoms with Gasteiger partial charge in [0.15, 0.2) is 106 Å². The van der Waals surface area contributed by atoms with E-state index in [0.29, 0.717) is 50.6 Å². The smallest absolute Gasteiger partial charge is 0.386 e. The molecule has 0 spiro atoms. The van der Waals surface area contributed by atoms with Crippen LogP contribution < -0.4 is 51.1 Å². The first-order chi connectivity index (χ1) is 65.5. The second-order valence-electron chi connectivity index (χ2n) is 32.9. The number of alkyl halides is 3. The Bertz CT molecular complexity index is 6780. The number of aromatic nitrogens is 21. The van der Waals surface area contributed by atoms with Crippen molar-refractivity contribution in [3.8, 4) is 0 Å². The van der Waals surface area contributed by atoms with Crippen molar-refractivity contribution in [2.24, 2.45) is 0 Å². The molecule has 24 rings (SSSR count). The summed E-state index contributed by atoms with van der Waals surface area (Å²) < 4.78 is 194. The van der Waals surface area contributed by atoms with Crippen LogP contribution in [0.5, 0.6) is 0 Å². The first-order valence-corrected chi connectivity index (χ1v) is 56.3. The summed E-state index contributed by atoms with van der Waals surface area (Å²) in [5, 5.41) is 0. The fraction of sp³-hybridized carbons (Fsp3) is 0.500. The molecule has 72 heteroatoms. The second-order valence-corrected chi connectivity index (χ2v) is 49.7. The van der Waals surface area contributed by atoms with Gasteiger partial charge in [0.2, 0.25) is 17.8 Å². The summed E-state index contributed by atoms with van der Waals surface area (Å²) >= 11 is 30.7. The fourth-order valence-corrected chi connectivity index (χ4v) is 26.8. The number of hydrogen-bond acceptors (Lipinski definition) is 48. The molecule has 57 nitrogen and oxygen atoms in total. The Hall–Kier alpha value is -7.71. The summed E-state index contributed by atoms with van der Waals surface area (Å²) in [6.45, 7) is -29.2. The van der Waals surface area contributed by atoms with Gasteiger partial charge in [-0.25, -0.2) is 62.6 Å². The lowest BCUT2D eigenvalue weighted by molar-refractivity contribution is -0.183. The Labute approximate surface area is 795 Å². The summed E-state index contributed by atoms with van der Waals surface area (Å²) in [4.78, 5) is 150. The van der Waals surface area contributed by atoms with Crippen LogP contribution in [-0.2, 0) is 161 Å². The van der Waals surface area contributed by atoms with Gasteiger partial charge in [-0.2, -0.15) is 15.0 Å². The van der Waals surface area contributed by atoms with Crippen molar-refractivity contribution in [3.05, 3.63) is 106 Å². The summed E-state index contributed by atoms with van der Waals surface area (Å²) in [5.41, 5.74) is 31.9. The predicted octanol–water partition coefficient (Wildman–Crippen LogP) is 0.466. The standard InChI is InChI=1S/3C22H24FN9O10P2S2/c3*23-10-9-3-37-43(34,45)42-15-14-20(31-6-27-11-8(24)1-2-26-16(11)31)40-22(15,4-36-14)5-38-44(35,46)41-13(10)19(39-9)32-7-28-12-17(32)29-21(25)30-18(12)33/h3*1-2,6-7,9-10,13-15,19-20H,3-5H2,(H2,24,26)(H,34,45)(H,35,46)(H3,25,29,30,33)/t3*9-,10-,13-,14-,15+,19-,20-,22-,43?,44?/m111/s1. The number of H-pyrrole nitrogens is 3. The molecule has 12 saturated heterocycles. The minimum Gasteiger partial charge on any atom is -0.397 e. The van der Waals surface area contributed by atoms with Gasteiger partial charge in [-0.05, 0) is 77.2 Å². The Balaban J connectivity index is 0.000000119. The second kappa shape index (κ2) is 34.8. The van der Waals surface area contributed by atoms with E-state index in [1.54, 1.807) is 31.9 Å². The van der Waals surface area contributed by atoms with Gasteiger partial charge in [0, 0.05) is 18.6 Å². The molecule has 6 unspecified atom stereocenters. The van der Waals surface area contributed by atoms with Crippen molar-refractivity contribution in [1.82, 2.24) is 102 Å². The van der Waals surface area contributed by atoms with Crippen molar-refractivity contribution < 1.29 is 139 Å². The highest BCUT2D eigenvalue weighted by Gasteiger charge is 2.70. The van der Waals surface area contributed by atoms with E-state index < -0.39 is 243 Å². The molecule has 0 amide bonds. The lowest BCUT2D eigenvalue weighted by atomic mass is 10.0. The number of nitrogen functional groups attached to an aromatic ring is 6. The number of pyridine rings is 3. The average Bonchev–Trinajstić information content (AvgIpc) is 1.56. The number of hydrogen-bond donors (Lipinski definition) is 15. The zero-order valence-corrected chi connectivity index (χ0v) is 79.5. The number of nitrogens with zero attached hydrogens (tertiary/aromatic N) is 18. The fourth-order valence-electron chi connectivity index (χ4n) is 18.1. The van der Waals surface area contributed by atoms with Crippen molar-refractivity contribution in [1.29, 1.82) is 0 Å². The lowest BCUT2D eigenvalue weighted by Gasteiger charge is -2.33. The van der Waals surface area contributed by atoms with Crippen LogP contribution in [0.1, 0.15) is 37.4 Å². The van der Waals surface area contributed by atoms with Gasteiger partial charge in [-0.3, -0.25) is 88.4 Å². The summed E-state index contributed by atoms with van der Waals surface area (Å²) in [5.74, 6) is -0.699. The lowest BCUT2D eigenvalue weighted by Crippen LogP contribution is -2.45. The molecule has 12 aliphatic heterocycles. The molecule has 738 valence electrons. The van der Waals surface area contributed by atoms with Crippen LogP contribution in [0.2, 0.25) is 0 Å². The van der Waals surface area contributed by atoms with Crippen molar-refractivity contribution >= 4 is 214 Å². The van der Waals surface area contributed by atoms with Gasteiger partial charge in [-0.1, -0.05) is 12.2 Å². The minimum atomic E-state index is -4.43. The highest BCUT2D eigenvalue weighted by molar-refractivity contribution is 8.44. The van der Waals surface area contributed by atoms with Gasteiger partial charge in [0.25, 0.3) is 16.7 Å². The summed E-state index contributed by atoms with van der Waals surface area (Å²) in [6, 6.07) is 4.79. The predicted molar refractivity (Wildman–Crippen MR) is 482 cm³/mol. The molecule has 0 saturated carbocycles. The first kappa shape index (κ1) is 95.2. The van der Waals surface area contributed by atoms with Gasteiger partial charge in [0.1, 0.15) is 107 Å². The van der Waals surface area contributed by atoms with Crippen molar-refractivity contribution in [3.63, 3.8) is 0 Å². The molecule has 24 heterocycles. The molecule has 20 N–H and O–H groups in total. The van der Waals surface area contributed by atoms with Crippen LogP contribution in [0.15, 0.2) is 89.1 Å². The van der Waals surface area contributed by atoms with E-state index in [1.807, 2.05) is 0 Å². The molecule has 0 aromatic carbocycles. The molecule has 12 bridgehead atoms. The molecule has 0 radical (unpaired) electrons. The maximum atomic E-state index is 16.0. The van der Waals surface area contributed by atoms with Crippen LogP contribution in [0.25, 0.3) is 67.0 Å². The number of imidazole rings is 6. The van der Waals surface area contributed by atoms with Gasteiger partial charge in [0.05, 0.1) is 114 Å². The van der Waals surface area contributed by atoms with Crippen molar-refractivity contribution in [2.75, 3.05) is 93.9 Å². The number of halogens is 3. The molecule has 12 aromatic rings. The van der Waals surface area contributed by atoms with Crippen LogP contribution >= 0.6 is 52.6 Å². The molecular weight excluding hydrogens is 2090 g/mol. The SMILES string of the molecule is Nc1nc2c(ncn2[C@@H]2O[C@@H]3COP(O)(=S)O[C@H]4[C@H]5OC[C@]4(COP(=O)(S)O[C@@H]2[C@@H]3F)O[C@H]5n2cnc3c(N)ccnc32)c(=O)[nH]1.Nc1nc2c(ncn2[C@@H]2O[C@@H]3COP(O)(=S)O[C@H]4[C@H]5OC[C@]4(COP(O)(=S)O[C@@H]2[C@@H]3F)O[C@H]5n2cnc3c(N)ccnc32)c(=O)[nH]1.Nc1nc2c(ncn2[C@@H]2O[C@@H]3COP(O)(=S)O[C@H]4[C@H]5OC[C@]4(COP(O)(=S)O[C@@H]2[C@@H]3F)O[C@H]5n2cnc3c(N)ccnc32)c(=O)[nH]1. The largest absolute Gasteiger partial charge is 0.397 e. The van der Waals surface area contributed by atoms with Crippen LogP contribution in [0.4, 0.5) is 48.1 Å². The molecule has 30 atom stereocenters. The number of anilines is 6. The van der Waals surface area contributed by atoms with E-state index in [0.717, 1.165) is 6.33 Å². The van der Waals surface area contributed by atoms with Crippen molar-refractivity contribution in [2.45, 2.75) is 146 Å². The number of aromatic amines is 3. The highest BCUT2D eigenvalue weighted by Crippen LogP contribution is 2.65. The average molecular weight is 2160 g/mol. The zero-order valence-electron chi connectivity index (χ0n) is 69.2. The monoisotopic (exact) mass is 2160 g/mol. The van der Waals surface area contributed by atoms with E-state index in [9.17, 15) is 43.4 Å². The maximum Gasteiger partial charge on any atom is 0.386 e. The van der Waals surface area contributed by atoms with Crippen LogP contribution in [-0.4, -0.2) is 295 Å². The normalized spacial score (nSPS) is 39.7. The van der Waals surface area contributed by atoms with E-state index in [-0.39, 0.29) is 71.2 Å².